The molecule has 0 aromatic rings. The first-order chi connectivity index (χ1) is 5.96. The van der Waals surface area contributed by atoms with Crippen LogP contribution in [0.2, 0.25) is 0 Å². The minimum atomic E-state index is -3.10. The van der Waals surface area contributed by atoms with Crippen molar-refractivity contribution >= 4 is 9.84 Å². The van der Waals surface area contributed by atoms with Crippen molar-refractivity contribution in [1.29, 1.82) is 0 Å². The fraction of sp³-hybridized carbons (Fsp3) is 1.00. The number of nitrogens with two attached hydrogens (primary N) is 1. The van der Waals surface area contributed by atoms with E-state index in [1.165, 1.54) is 0 Å². The van der Waals surface area contributed by atoms with Crippen LogP contribution < -0.4 is 5.73 Å². The van der Waals surface area contributed by atoms with Gasteiger partial charge in [0.15, 0.2) is 9.84 Å². The molecule has 13 heavy (non-hydrogen) atoms. The second-order valence-electron chi connectivity index (χ2n) is 3.70. The van der Waals surface area contributed by atoms with Crippen molar-refractivity contribution in [3.63, 3.8) is 0 Å². The second-order valence-corrected chi connectivity index (χ2v) is 6.43. The molecule has 1 saturated heterocycles. The third kappa shape index (κ3) is 2.21. The summed E-state index contributed by atoms with van der Waals surface area (Å²) in [5, 5.41) is -0.883. The smallest absolute Gasteiger partial charge is 0.159 e. The molecule has 0 bridgehead atoms. The molecule has 0 saturated carbocycles. The average Bonchev–Trinajstić information content (AvgIpc) is 2.04. The monoisotopic (exact) mass is 207 g/mol. The number of rotatable bonds is 2. The number of hydrogen-bond acceptors (Lipinski definition) is 4. The van der Waals surface area contributed by atoms with Crippen LogP contribution in [0.5, 0.6) is 0 Å². The van der Waals surface area contributed by atoms with Crippen LogP contribution in [0.1, 0.15) is 20.3 Å². The van der Waals surface area contributed by atoms with Gasteiger partial charge in [0.05, 0.1) is 17.1 Å². The summed E-state index contributed by atoms with van der Waals surface area (Å²) in [6.07, 6.45) is 0.636. The number of hydrogen-bond donors (Lipinski definition) is 1. The molecule has 0 aromatic carbocycles. The van der Waals surface area contributed by atoms with Crippen LogP contribution in [0.15, 0.2) is 0 Å². The maximum atomic E-state index is 11.7. The highest BCUT2D eigenvalue weighted by Crippen LogP contribution is 2.17. The van der Waals surface area contributed by atoms with Gasteiger partial charge in [0.2, 0.25) is 0 Å². The molecule has 1 rings (SSSR count). The molecular formula is C8H17NO3S. The van der Waals surface area contributed by atoms with Gasteiger partial charge in [0.25, 0.3) is 0 Å². The third-order valence-electron chi connectivity index (χ3n) is 2.43. The van der Waals surface area contributed by atoms with Crippen molar-refractivity contribution in [3.8, 4) is 0 Å². The van der Waals surface area contributed by atoms with Gasteiger partial charge in [0.1, 0.15) is 0 Å². The lowest BCUT2D eigenvalue weighted by Gasteiger charge is -2.29. The molecule has 1 fully saturated rings. The lowest BCUT2D eigenvalue weighted by molar-refractivity contribution is 0.0890. The van der Waals surface area contributed by atoms with E-state index < -0.39 is 15.1 Å². The van der Waals surface area contributed by atoms with E-state index in [0.29, 0.717) is 13.0 Å². The summed E-state index contributed by atoms with van der Waals surface area (Å²) in [6, 6.07) is -0.263. The minimum absolute atomic E-state index is 0.252. The topological polar surface area (TPSA) is 69.4 Å². The highest BCUT2D eigenvalue weighted by Gasteiger charge is 2.35. The van der Waals surface area contributed by atoms with Gasteiger partial charge in [-0.1, -0.05) is 0 Å². The summed E-state index contributed by atoms with van der Waals surface area (Å²) in [4.78, 5) is 0. The highest BCUT2D eigenvalue weighted by molar-refractivity contribution is 7.92. The zero-order chi connectivity index (χ0) is 10.1. The first kappa shape index (κ1) is 10.9. The zero-order valence-electron chi connectivity index (χ0n) is 8.06. The molecule has 5 heteroatoms. The summed E-state index contributed by atoms with van der Waals surface area (Å²) in [6.45, 7) is 4.18. The van der Waals surface area contributed by atoms with E-state index in [0.717, 1.165) is 0 Å². The van der Waals surface area contributed by atoms with Gasteiger partial charge < -0.3 is 10.5 Å². The molecule has 0 aliphatic carbocycles. The fourth-order valence-electron chi connectivity index (χ4n) is 1.42. The molecule has 1 heterocycles. The van der Waals surface area contributed by atoms with Crippen molar-refractivity contribution in [2.24, 2.45) is 5.73 Å². The highest BCUT2D eigenvalue weighted by atomic mass is 32.2. The van der Waals surface area contributed by atoms with Crippen molar-refractivity contribution in [2.45, 2.75) is 36.8 Å². The molecule has 2 N–H and O–H groups in total. The summed E-state index contributed by atoms with van der Waals surface area (Å²) in [5.74, 6) is 0. The van der Waals surface area contributed by atoms with E-state index in [-0.39, 0.29) is 17.9 Å². The van der Waals surface area contributed by atoms with E-state index in [1.807, 2.05) is 0 Å². The van der Waals surface area contributed by atoms with Gasteiger partial charge in [-0.3, -0.25) is 0 Å². The van der Waals surface area contributed by atoms with Crippen molar-refractivity contribution < 1.29 is 13.2 Å². The van der Waals surface area contributed by atoms with Gasteiger partial charge >= 0.3 is 0 Å². The quantitative estimate of drug-likeness (QED) is 0.688. The van der Waals surface area contributed by atoms with Crippen molar-refractivity contribution in [2.75, 3.05) is 13.2 Å². The van der Waals surface area contributed by atoms with Crippen LogP contribution in [0, 0.1) is 0 Å². The number of ether oxygens (including phenoxy) is 1. The van der Waals surface area contributed by atoms with Gasteiger partial charge in [-0.25, -0.2) is 8.42 Å². The predicted octanol–water partition coefficient (Wildman–Crippen LogP) is -0.0742. The van der Waals surface area contributed by atoms with E-state index in [2.05, 4.69) is 0 Å². The second kappa shape index (κ2) is 3.94. The molecule has 0 amide bonds. The molecule has 0 aromatic heterocycles. The Balaban J connectivity index is 2.80. The lowest BCUT2D eigenvalue weighted by Crippen LogP contribution is -2.49. The Kier molecular flexibility index (Phi) is 3.32. The van der Waals surface area contributed by atoms with E-state index >= 15 is 0 Å². The van der Waals surface area contributed by atoms with Crippen LogP contribution >= 0.6 is 0 Å². The largest absolute Gasteiger partial charge is 0.380 e. The summed E-state index contributed by atoms with van der Waals surface area (Å²) in [7, 11) is -3.10. The van der Waals surface area contributed by atoms with Crippen LogP contribution in [0.4, 0.5) is 0 Å². The predicted molar refractivity (Wildman–Crippen MR) is 51.3 cm³/mol. The maximum Gasteiger partial charge on any atom is 0.159 e. The molecule has 4 nitrogen and oxygen atoms in total. The molecular weight excluding hydrogens is 190 g/mol. The SMILES string of the molecule is CC(C)S(=O)(=O)C1COCCC1N. The summed E-state index contributed by atoms with van der Waals surface area (Å²) < 4.78 is 28.6. The van der Waals surface area contributed by atoms with E-state index in [9.17, 15) is 8.42 Å². The summed E-state index contributed by atoms with van der Waals surface area (Å²) in [5.41, 5.74) is 5.74. The lowest BCUT2D eigenvalue weighted by atomic mass is 10.1. The standard InChI is InChI=1S/C8H17NO3S/c1-6(2)13(10,11)8-5-12-4-3-7(8)9/h6-8H,3-5,9H2,1-2H3. The van der Waals surface area contributed by atoms with Gasteiger partial charge in [-0.05, 0) is 20.3 Å². The van der Waals surface area contributed by atoms with Crippen LogP contribution in [0.3, 0.4) is 0 Å². The fourth-order valence-corrected chi connectivity index (χ4v) is 3.02. The minimum Gasteiger partial charge on any atom is -0.380 e. The molecule has 2 unspecified atom stereocenters. The third-order valence-corrected chi connectivity index (χ3v) is 5.08. The first-order valence-electron chi connectivity index (χ1n) is 4.52. The van der Waals surface area contributed by atoms with Crippen LogP contribution in [-0.4, -0.2) is 38.2 Å². The Morgan fingerprint density at radius 3 is 2.54 bits per heavy atom. The van der Waals surface area contributed by atoms with E-state index in [1.54, 1.807) is 13.8 Å². The Morgan fingerprint density at radius 1 is 1.46 bits per heavy atom. The summed E-state index contributed by atoms with van der Waals surface area (Å²) >= 11 is 0. The Labute approximate surface area is 79.4 Å². The normalized spacial score (nSPS) is 30.8. The van der Waals surface area contributed by atoms with Crippen molar-refractivity contribution in [3.05, 3.63) is 0 Å². The molecule has 1 aliphatic rings. The zero-order valence-corrected chi connectivity index (χ0v) is 8.88. The Hall–Kier alpha value is -0.130. The first-order valence-corrected chi connectivity index (χ1v) is 6.13. The Bertz CT molecular complexity index is 261. The Morgan fingerprint density at radius 2 is 2.08 bits per heavy atom. The molecule has 0 radical (unpaired) electrons. The number of sulfone groups is 1. The average molecular weight is 207 g/mol. The molecule has 1 aliphatic heterocycles. The molecule has 2 atom stereocenters. The van der Waals surface area contributed by atoms with Crippen molar-refractivity contribution in [1.82, 2.24) is 0 Å². The van der Waals surface area contributed by atoms with Gasteiger partial charge in [0, 0.05) is 12.6 Å². The van der Waals surface area contributed by atoms with Gasteiger partial charge in [-0.2, -0.15) is 0 Å². The van der Waals surface area contributed by atoms with E-state index in [4.69, 9.17) is 10.5 Å². The molecule has 78 valence electrons. The van der Waals surface area contributed by atoms with Gasteiger partial charge in [-0.15, -0.1) is 0 Å². The van der Waals surface area contributed by atoms with Crippen LogP contribution in [-0.2, 0) is 14.6 Å². The molecule has 0 spiro atoms. The maximum absolute atomic E-state index is 11.7. The van der Waals surface area contributed by atoms with Crippen LogP contribution in [0.25, 0.3) is 0 Å².